The molecule has 0 unspecified atom stereocenters. The minimum Gasteiger partial charge on any atom is -0.497 e. The third kappa shape index (κ3) is 6.44. The molecule has 3 N–H and O–H groups in total. The largest absolute Gasteiger partial charge is 0.497 e. The predicted molar refractivity (Wildman–Crippen MR) is 87.4 cm³/mol. The molecular weight excluding hydrogens is 299 g/mol. The van der Waals surface area contributed by atoms with Crippen LogP contribution in [0, 0.1) is 0 Å². The molecule has 0 saturated carbocycles. The van der Waals surface area contributed by atoms with Crippen molar-refractivity contribution in [1.82, 2.24) is 10.8 Å². The first-order chi connectivity index (χ1) is 11.1. The summed E-state index contributed by atoms with van der Waals surface area (Å²) < 4.78 is 24.1. The molecule has 1 aromatic carbocycles. The lowest BCUT2D eigenvalue weighted by Gasteiger charge is -2.11. The number of rotatable bonds is 10. The molecule has 0 aromatic heterocycles. The highest BCUT2D eigenvalue weighted by molar-refractivity contribution is 5.28. The predicted octanol–water partition coefficient (Wildman–Crippen LogP) is 3.40. The Kier molecular flexibility index (Phi) is 8.31. The average Bonchev–Trinajstić information content (AvgIpc) is 2.60. The second kappa shape index (κ2) is 10.3. The van der Waals surface area contributed by atoms with Crippen LogP contribution in [0.15, 0.2) is 60.4 Å². The molecule has 0 spiro atoms. The lowest BCUT2D eigenvalue weighted by molar-refractivity contribution is 0.179. The van der Waals surface area contributed by atoms with Gasteiger partial charge < -0.3 is 14.8 Å². The van der Waals surface area contributed by atoms with Crippen LogP contribution in [0.5, 0.6) is 5.75 Å². The molecule has 0 bridgehead atoms. The fourth-order valence-electron chi connectivity index (χ4n) is 1.86. The van der Waals surface area contributed by atoms with Gasteiger partial charge in [0.2, 0.25) is 0 Å². The van der Waals surface area contributed by atoms with E-state index in [0.29, 0.717) is 25.3 Å². The van der Waals surface area contributed by atoms with Crippen LogP contribution in [0.25, 0.3) is 0 Å². The molecule has 126 valence electrons. The molecule has 6 heteroatoms. The van der Waals surface area contributed by atoms with E-state index < -0.39 is 5.83 Å². The van der Waals surface area contributed by atoms with Gasteiger partial charge >= 0.3 is 0 Å². The summed E-state index contributed by atoms with van der Waals surface area (Å²) in [6.07, 6.45) is 3.61. The molecular formula is C17H23FN2O3. The van der Waals surface area contributed by atoms with Crippen LogP contribution in [0.4, 0.5) is 4.39 Å². The summed E-state index contributed by atoms with van der Waals surface area (Å²) in [5.74, 6) is 0.762. The van der Waals surface area contributed by atoms with Crippen molar-refractivity contribution >= 4 is 0 Å². The minimum atomic E-state index is -0.579. The third-order valence-corrected chi connectivity index (χ3v) is 3.10. The number of hydrogen-bond donors (Lipinski definition) is 3. The van der Waals surface area contributed by atoms with Gasteiger partial charge in [-0.3, -0.25) is 10.7 Å². The molecule has 0 radical (unpaired) electrons. The Morgan fingerprint density at radius 1 is 1.43 bits per heavy atom. The number of ether oxygens (including phenoxy) is 2. The smallest absolute Gasteiger partial charge is 0.182 e. The maximum absolute atomic E-state index is 13.3. The molecule has 0 heterocycles. The van der Waals surface area contributed by atoms with Crippen molar-refractivity contribution in [3.8, 4) is 5.75 Å². The fourth-order valence-corrected chi connectivity index (χ4v) is 1.86. The van der Waals surface area contributed by atoms with Crippen LogP contribution in [0.3, 0.4) is 0 Å². The average molecular weight is 322 g/mol. The van der Waals surface area contributed by atoms with Gasteiger partial charge in [0, 0.05) is 7.05 Å². The van der Waals surface area contributed by atoms with Crippen LogP contribution in [-0.2, 0) is 11.3 Å². The quantitative estimate of drug-likeness (QED) is 0.350. The van der Waals surface area contributed by atoms with Crippen LogP contribution in [-0.4, -0.2) is 19.4 Å². The molecule has 0 atom stereocenters. The van der Waals surface area contributed by atoms with Crippen LogP contribution < -0.4 is 15.5 Å². The molecule has 0 fully saturated rings. The lowest BCUT2D eigenvalue weighted by atomic mass is 10.2. The van der Waals surface area contributed by atoms with Gasteiger partial charge in [0.05, 0.1) is 12.8 Å². The normalized spacial score (nSPS) is 12.3. The number of benzene rings is 1. The summed E-state index contributed by atoms with van der Waals surface area (Å²) in [5.41, 5.74) is 2.90. The number of hydroxylamine groups is 1. The summed E-state index contributed by atoms with van der Waals surface area (Å²) in [6.45, 7) is 3.70. The van der Waals surface area contributed by atoms with E-state index in [-0.39, 0.29) is 5.70 Å². The molecule has 0 amide bonds. The summed E-state index contributed by atoms with van der Waals surface area (Å²) >= 11 is 0. The van der Waals surface area contributed by atoms with Gasteiger partial charge in [0.15, 0.2) is 5.88 Å². The summed E-state index contributed by atoms with van der Waals surface area (Å²) in [5, 5.41) is 11.8. The third-order valence-electron chi connectivity index (χ3n) is 3.10. The van der Waals surface area contributed by atoms with E-state index in [1.54, 1.807) is 20.2 Å². The summed E-state index contributed by atoms with van der Waals surface area (Å²) in [7, 11) is 3.35. The van der Waals surface area contributed by atoms with Gasteiger partial charge in [-0.05, 0) is 42.7 Å². The molecule has 0 aliphatic heterocycles. The van der Waals surface area contributed by atoms with Crippen molar-refractivity contribution in [2.45, 2.75) is 19.4 Å². The van der Waals surface area contributed by atoms with E-state index in [1.165, 1.54) is 0 Å². The van der Waals surface area contributed by atoms with Gasteiger partial charge in [0.1, 0.15) is 18.2 Å². The van der Waals surface area contributed by atoms with Gasteiger partial charge in [-0.1, -0.05) is 18.7 Å². The molecule has 1 aromatic rings. The lowest BCUT2D eigenvalue weighted by Crippen LogP contribution is -2.11. The highest BCUT2D eigenvalue weighted by Crippen LogP contribution is 2.15. The molecule has 1 rings (SSSR count). The van der Waals surface area contributed by atoms with Crippen molar-refractivity contribution in [1.29, 1.82) is 0 Å². The Balaban J connectivity index is 2.57. The maximum Gasteiger partial charge on any atom is 0.182 e. The SMILES string of the molecule is C=C/C(F)=C(\CC/C=C(/NC)OCc1cccc(OC)c1)NO. The minimum absolute atomic E-state index is 0.0829. The molecule has 5 nitrogen and oxygen atoms in total. The van der Waals surface area contributed by atoms with Gasteiger partial charge in [-0.2, -0.15) is 0 Å². The van der Waals surface area contributed by atoms with E-state index >= 15 is 0 Å². The summed E-state index contributed by atoms with van der Waals surface area (Å²) in [6, 6.07) is 7.58. The highest BCUT2D eigenvalue weighted by Gasteiger charge is 2.03. The van der Waals surface area contributed by atoms with Crippen molar-refractivity contribution in [3.63, 3.8) is 0 Å². The fraction of sp³-hybridized carbons (Fsp3) is 0.294. The number of methoxy groups -OCH3 is 1. The molecule has 23 heavy (non-hydrogen) atoms. The van der Waals surface area contributed by atoms with E-state index in [9.17, 15) is 4.39 Å². The zero-order valence-corrected chi connectivity index (χ0v) is 13.4. The van der Waals surface area contributed by atoms with Crippen LogP contribution >= 0.6 is 0 Å². The van der Waals surface area contributed by atoms with Crippen molar-refractivity contribution in [3.05, 3.63) is 66.0 Å². The van der Waals surface area contributed by atoms with Crippen molar-refractivity contribution in [2.24, 2.45) is 0 Å². The highest BCUT2D eigenvalue weighted by atomic mass is 19.1. The van der Waals surface area contributed by atoms with Crippen LogP contribution in [0.1, 0.15) is 18.4 Å². The number of hydrogen-bond acceptors (Lipinski definition) is 5. The number of nitrogens with one attached hydrogen (secondary N) is 2. The zero-order valence-electron chi connectivity index (χ0n) is 13.4. The monoisotopic (exact) mass is 322 g/mol. The van der Waals surface area contributed by atoms with E-state index in [4.69, 9.17) is 14.7 Å². The standard InChI is InChI=1S/C17H23FN2O3/c1-4-15(18)16(20-21)9-6-10-17(19-2)23-12-13-7-5-8-14(11-13)22-3/h4-5,7-8,10-11,19-21H,1,6,9,12H2,2-3H3/b16-15-,17-10-. The van der Waals surface area contributed by atoms with E-state index in [0.717, 1.165) is 17.4 Å². The first-order valence-corrected chi connectivity index (χ1v) is 7.19. The molecule has 0 saturated heterocycles. The second-order valence-electron chi connectivity index (χ2n) is 4.64. The molecule has 0 aliphatic carbocycles. The maximum atomic E-state index is 13.3. The number of halogens is 1. The Morgan fingerprint density at radius 3 is 2.83 bits per heavy atom. The van der Waals surface area contributed by atoms with Gasteiger partial charge in [-0.25, -0.2) is 4.39 Å². The Morgan fingerprint density at radius 2 is 2.22 bits per heavy atom. The first kappa shape index (κ1) is 18.6. The zero-order chi connectivity index (χ0) is 17.1. The van der Waals surface area contributed by atoms with Crippen molar-refractivity contribution in [2.75, 3.05) is 14.2 Å². The molecule has 0 aliphatic rings. The van der Waals surface area contributed by atoms with Crippen LogP contribution in [0.2, 0.25) is 0 Å². The number of allylic oxidation sites excluding steroid dienone is 4. The topological polar surface area (TPSA) is 62.8 Å². The van der Waals surface area contributed by atoms with Crippen molar-refractivity contribution < 1.29 is 19.1 Å². The van der Waals surface area contributed by atoms with Gasteiger partial charge in [0.25, 0.3) is 0 Å². The first-order valence-electron chi connectivity index (χ1n) is 7.19. The summed E-state index contributed by atoms with van der Waals surface area (Å²) in [4.78, 5) is 0. The van der Waals surface area contributed by atoms with Gasteiger partial charge in [-0.15, -0.1) is 0 Å². The Labute approximate surface area is 136 Å². The Bertz CT molecular complexity index is 571. The van der Waals surface area contributed by atoms with E-state index in [2.05, 4.69) is 11.9 Å². The second-order valence-corrected chi connectivity index (χ2v) is 4.64. The van der Waals surface area contributed by atoms with E-state index in [1.807, 2.05) is 29.7 Å². The Hall–Kier alpha value is -2.47.